The molecule has 1 N–H and O–H groups in total. The Kier molecular flexibility index (Phi) is 2.96. The van der Waals surface area contributed by atoms with Crippen molar-refractivity contribution >= 4 is 23.1 Å². The van der Waals surface area contributed by atoms with Crippen LogP contribution in [0.1, 0.15) is 22.3 Å². The van der Waals surface area contributed by atoms with E-state index in [4.69, 9.17) is 16.5 Å². The predicted octanol–water partition coefficient (Wildman–Crippen LogP) is 2.89. The molecule has 0 aromatic heterocycles. The molecule has 4 nitrogen and oxygen atoms in total. The molecule has 1 aliphatic carbocycles. The number of aliphatic hydroxyl groups is 1. The van der Waals surface area contributed by atoms with Crippen molar-refractivity contribution in [2.75, 3.05) is 6.54 Å². The summed E-state index contributed by atoms with van der Waals surface area (Å²) in [6.07, 6.45) is -0.616. The van der Waals surface area contributed by atoms with Gasteiger partial charge >= 0.3 is 0 Å². The van der Waals surface area contributed by atoms with Crippen LogP contribution in [0.25, 0.3) is 5.57 Å². The zero-order valence-electron chi connectivity index (χ0n) is 12.8. The molecule has 4 atom stereocenters. The van der Waals surface area contributed by atoms with Gasteiger partial charge in [-0.1, -0.05) is 17.7 Å². The van der Waals surface area contributed by atoms with Crippen LogP contribution in [0.2, 0.25) is 0 Å². The Balaban J connectivity index is 1.87. The van der Waals surface area contributed by atoms with Gasteiger partial charge < -0.3 is 9.84 Å². The van der Waals surface area contributed by atoms with Crippen molar-refractivity contribution in [1.82, 2.24) is 4.42 Å². The number of aryl methyl sites for hydroxylation is 3. The first-order chi connectivity index (χ1) is 10.4. The van der Waals surface area contributed by atoms with Crippen molar-refractivity contribution in [3.05, 3.63) is 40.1 Å². The summed E-state index contributed by atoms with van der Waals surface area (Å²) in [7, 11) is 0. The van der Waals surface area contributed by atoms with E-state index in [0.29, 0.717) is 12.1 Å². The molecule has 4 rings (SSSR count). The number of carbonyl (C=O) groups excluding carboxylic acids is 1. The van der Waals surface area contributed by atoms with Crippen LogP contribution in [0.15, 0.2) is 17.9 Å². The average Bonchev–Trinajstić information content (AvgIpc) is 3.03. The molecule has 2 bridgehead atoms. The van der Waals surface area contributed by atoms with Gasteiger partial charge in [0.2, 0.25) is 0 Å². The summed E-state index contributed by atoms with van der Waals surface area (Å²) >= 11 is 6.13. The van der Waals surface area contributed by atoms with Crippen molar-refractivity contribution in [2.24, 2.45) is 11.8 Å². The monoisotopic (exact) mass is 319 g/mol. The molecule has 1 aromatic rings. The van der Waals surface area contributed by atoms with Crippen molar-refractivity contribution in [3.8, 4) is 0 Å². The van der Waals surface area contributed by atoms with Gasteiger partial charge in [0.05, 0.1) is 23.5 Å². The van der Waals surface area contributed by atoms with Gasteiger partial charge in [0.1, 0.15) is 12.0 Å². The van der Waals surface area contributed by atoms with E-state index in [-0.39, 0.29) is 29.5 Å². The summed E-state index contributed by atoms with van der Waals surface area (Å²) in [6, 6.07) is 4.09. The van der Waals surface area contributed by atoms with Crippen molar-refractivity contribution in [2.45, 2.75) is 33.1 Å². The number of nitrogens with zero attached hydrogens (tertiary/aromatic N) is 1. The smallest absolute Gasteiger partial charge is 0.173 e. The van der Waals surface area contributed by atoms with Gasteiger partial charge in [-0.25, -0.2) is 0 Å². The third-order valence-electron chi connectivity index (χ3n) is 5.09. The number of rotatable bonds is 1. The number of fused-ring (bicyclic) bond motifs is 5. The number of carbonyl (C=O) groups is 1. The highest BCUT2D eigenvalue weighted by atomic mass is 35.5. The third kappa shape index (κ3) is 1.69. The molecule has 22 heavy (non-hydrogen) atoms. The van der Waals surface area contributed by atoms with E-state index in [0.717, 1.165) is 22.3 Å². The largest absolute Gasteiger partial charge is 0.511 e. The quantitative estimate of drug-likeness (QED) is 0.809. The Hall–Kier alpha value is -1.36. The average molecular weight is 320 g/mol. The normalized spacial score (nSPS) is 33.9. The van der Waals surface area contributed by atoms with Crippen LogP contribution in [0.5, 0.6) is 0 Å². The van der Waals surface area contributed by atoms with E-state index in [1.807, 2.05) is 32.9 Å². The zero-order chi connectivity index (χ0) is 15.8. The number of ether oxygens (including phenoxy) is 1. The molecule has 0 amide bonds. The van der Waals surface area contributed by atoms with E-state index in [2.05, 4.69) is 0 Å². The molecule has 116 valence electrons. The van der Waals surface area contributed by atoms with Gasteiger partial charge in [-0.3, -0.25) is 4.79 Å². The zero-order valence-corrected chi connectivity index (χ0v) is 13.5. The third-order valence-corrected chi connectivity index (χ3v) is 5.42. The lowest BCUT2D eigenvalue weighted by Crippen LogP contribution is -2.39. The van der Waals surface area contributed by atoms with Crippen LogP contribution in [-0.2, 0) is 9.53 Å². The van der Waals surface area contributed by atoms with Gasteiger partial charge in [0.25, 0.3) is 0 Å². The second kappa shape index (κ2) is 4.57. The van der Waals surface area contributed by atoms with Crippen LogP contribution >= 0.6 is 11.8 Å². The van der Waals surface area contributed by atoms with Crippen LogP contribution < -0.4 is 0 Å². The van der Waals surface area contributed by atoms with Gasteiger partial charge in [-0.15, -0.1) is 0 Å². The highest BCUT2D eigenvalue weighted by molar-refractivity contribution is 6.26. The Bertz CT molecular complexity index is 704. The van der Waals surface area contributed by atoms with Crippen LogP contribution in [0, 0.1) is 32.6 Å². The minimum absolute atomic E-state index is 0.00480. The maximum absolute atomic E-state index is 12.9. The number of halogens is 1. The van der Waals surface area contributed by atoms with Gasteiger partial charge in [-0.05, 0) is 49.2 Å². The molecule has 2 heterocycles. The van der Waals surface area contributed by atoms with E-state index < -0.39 is 6.23 Å². The molecular weight excluding hydrogens is 302 g/mol. The van der Waals surface area contributed by atoms with Crippen molar-refractivity contribution in [1.29, 1.82) is 0 Å². The fourth-order valence-electron chi connectivity index (χ4n) is 4.35. The molecule has 0 saturated carbocycles. The minimum Gasteiger partial charge on any atom is -0.511 e. The van der Waals surface area contributed by atoms with E-state index in [1.165, 1.54) is 0 Å². The van der Waals surface area contributed by atoms with Crippen LogP contribution in [-0.4, -0.2) is 34.2 Å². The number of Topliss-reactive ketones (excluding diaryl/α,β-unsaturated/α-hetero) is 1. The van der Waals surface area contributed by atoms with Crippen molar-refractivity contribution < 1.29 is 14.6 Å². The minimum atomic E-state index is -0.399. The fourth-order valence-corrected chi connectivity index (χ4v) is 4.66. The molecule has 0 spiro atoms. The predicted molar refractivity (Wildman–Crippen MR) is 83.4 cm³/mol. The number of hydrogen-bond acceptors (Lipinski definition) is 4. The second-order valence-electron chi connectivity index (χ2n) is 6.60. The topological polar surface area (TPSA) is 49.8 Å². The molecule has 3 aliphatic rings. The SMILES string of the molecule is Cc1cc(C)c(C2=C(O)[C@@H]3C4OC(CN4Cl)[C@@H]3C2=O)c(C)c1. The summed E-state index contributed by atoms with van der Waals surface area (Å²) in [6.45, 7) is 6.53. The molecule has 2 saturated heterocycles. The molecule has 5 heteroatoms. The lowest BCUT2D eigenvalue weighted by molar-refractivity contribution is -0.118. The summed E-state index contributed by atoms with van der Waals surface area (Å²) in [5.41, 5.74) is 4.52. The van der Waals surface area contributed by atoms with Crippen LogP contribution in [0.4, 0.5) is 0 Å². The molecule has 0 radical (unpaired) electrons. The first-order valence-electron chi connectivity index (χ1n) is 7.53. The second-order valence-corrected chi connectivity index (χ2v) is 7.03. The molecule has 2 aliphatic heterocycles. The summed E-state index contributed by atoms with van der Waals surface area (Å²) in [5.74, 6) is -0.494. The molecule has 2 fully saturated rings. The van der Waals surface area contributed by atoms with Gasteiger partial charge in [0, 0.05) is 6.54 Å². The Morgan fingerprint density at radius 1 is 1.23 bits per heavy atom. The fraction of sp³-hybridized carbons (Fsp3) is 0.471. The Morgan fingerprint density at radius 2 is 1.86 bits per heavy atom. The first-order valence-corrected chi connectivity index (χ1v) is 7.87. The molecule has 2 unspecified atom stereocenters. The first kappa shape index (κ1) is 14.2. The number of hydrogen-bond donors (Lipinski definition) is 1. The summed E-state index contributed by atoms with van der Waals surface area (Å²) < 4.78 is 7.30. The number of aliphatic hydroxyl groups excluding tert-OH is 1. The Morgan fingerprint density at radius 3 is 2.50 bits per heavy atom. The maximum atomic E-state index is 12.9. The molecular formula is C17H18ClNO3. The van der Waals surface area contributed by atoms with Crippen molar-refractivity contribution in [3.63, 3.8) is 0 Å². The lowest BCUT2D eigenvalue weighted by atomic mass is 9.86. The number of ketones is 1. The highest BCUT2D eigenvalue weighted by Crippen LogP contribution is 2.52. The summed E-state index contributed by atoms with van der Waals surface area (Å²) in [5, 5.41) is 10.7. The number of piperidine rings is 1. The van der Waals surface area contributed by atoms with Crippen LogP contribution in [0.3, 0.4) is 0 Å². The molecule has 1 aromatic carbocycles. The van der Waals surface area contributed by atoms with Gasteiger partial charge in [-0.2, -0.15) is 4.42 Å². The lowest BCUT2D eigenvalue weighted by Gasteiger charge is -2.25. The Labute approximate surface area is 134 Å². The van der Waals surface area contributed by atoms with E-state index in [1.54, 1.807) is 4.42 Å². The van der Waals surface area contributed by atoms with Gasteiger partial charge in [0.15, 0.2) is 5.78 Å². The highest BCUT2D eigenvalue weighted by Gasteiger charge is 2.62. The maximum Gasteiger partial charge on any atom is 0.173 e. The van der Waals surface area contributed by atoms with E-state index in [9.17, 15) is 9.90 Å². The van der Waals surface area contributed by atoms with E-state index >= 15 is 0 Å². The number of benzene rings is 1. The standard InChI is InChI=1S/C17H18ClNO3/c1-7-4-8(2)11(9(3)5-7)13-15(20)12-10-6-19(18)17(22-10)14(12)16(13)21/h4-5,10,12,14,17,21H,6H2,1-3H3/t10?,12-,14+,17?/m0/s1. The summed E-state index contributed by atoms with van der Waals surface area (Å²) in [4.78, 5) is 12.9. The number of allylic oxidation sites excluding steroid dienone is 1.